The summed E-state index contributed by atoms with van der Waals surface area (Å²) < 4.78 is 25.9. The lowest BCUT2D eigenvalue weighted by Crippen LogP contribution is -2.13. The molecule has 0 radical (unpaired) electrons. The summed E-state index contributed by atoms with van der Waals surface area (Å²) in [5, 5.41) is 4.85. The smallest absolute Gasteiger partial charge is 0.348 e. The van der Waals surface area contributed by atoms with Crippen molar-refractivity contribution in [3.63, 3.8) is 0 Å². The van der Waals surface area contributed by atoms with Crippen molar-refractivity contribution < 1.29 is 17.9 Å². The number of primary sulfonamides is 1. The van der Waals surface area contributed by atoms with E-state index in [9.17, 15) is 13.2 Å². The molecule has 0 spiro atoms. The van der Waals surface area contributed by atoms with Gasteiger partial charge in [-0.2, -0.15) is 0 Å². The SMILES string of the molecule is COC(=O)c1ccc(CS(N)(=O)=O)s1. The Hall–Kier alpha value is -0.920. The van der Waals surface area contributed by atoms with Crippen LogP contribution >= 0.6 is 11.3 Å². The molecular formula is C7H9NO4S2. The van der Waals surface area contributed by atoms with Crippen LogP contribution in [0.2, 0.25) is 0 Å². The van der Waals surface area contributed by atoms with Crippen molar-refractivity contribution in [2.75, 3.05) is 7.11 Å². The molecule has 0 fully saturated rings. The van der Waals surface area contributed by atoms with Gasteiger partial charge in [0.1, 0.15) is 4.88 Å². The predicted molar refractivity (Wildman–Crippen MR) is 52.5 cm³/mol. The van der Waals surface area contributed by atoms with Gasteiger partial charge in [-0.25, -0.2) is 18.4 Å². The second-order valence-corrected chi connectivity index (χ2v) is 5.35. The molecule has 0 aliphatic rings. The van der Waals surface area contributed by atoms with Crippen LogP contribution in [-0.2, 0) is 20.5 Å². The lowest BCUT2D eigenvalue weighted by molar-refractivity contribution is 0.0606. The van der Waals surface area contributed by atoms with E-state index in [2.05, 4.69) is 4.74 Å². The molecule has 0 saturated heterocycles. The van der Waals surface area contributed by atoms with Crippen molar-refractivity contribution in [2.45, 2.75) is 5.75 Å². The topological polar surface area (TPSA) is 86.5 Å². The highest BCUT2D eigenvalue weighted by Gasteiger charge is 2.12. The van der Waals surface area contributed by atoms with Gasteiger partial charge in [0.15, 0.2) is 0 Å². The van der Waals surface area contributed by atoms with Crippen LogP contribution in [0, 0.1) is 0 Å². The molecule has 0 aromatic carbocycles. The van der Waals surface area contributed by atoms with Gasteiger partial charge in [0.25, 0.3) is 0 Å². The number of nitrogens with two attached hydrogens (primary N) is 1. The zero-order valence-electron chi connectivity index (χ0n) is 7.39. The summed E-state index contributed by atoms with van der Waals surface area (Å²) in [7, 11) is -2.27. The van der Waals surface area contributed by atoms with Crippen LogP contribution in [0.15, 0.2) is 12.1 Å². The molecule has 1 aromatic rings. The summed E-state index contributed by atoms with van der Waals surface area (Å²) in [6.45, 7) is 0. The molecule has 2 N–H and O–H groups in total. The number of rotatable bonds is 3. The zero-order valence-corrected chi connectivity index (χ0v) is 9.02. The van der Waals surface area contributed by atoms with Gasteiger partial charge in [-0.05, 0) is 12.1 Å². The first kappa shape index (κ1) is 11.2. The Kier molecular flexibility index (Phi) is 3.25. The molecule has 1 aromatic heterocycles. The molecular weight excluding hydrogens is 226 g/mol. The molecule has 14 heavy (non-hydrogen) atoms. The van der Waals surface area contributed by atoms with E-state index in [1.165, 1.54) is 13.2 Å². The first-order valence-electron chi connectivity index (χ1n) is 3.60. The number of hydrogen-bond donors (Lipinski definition) is 1. The van der Waals surface area contributed by atoms with E-state index < -0.39 is 16.0 Å². The highest BCUT2D eigenvalue weighted by molar-refractivity contribution is 7.88. The molecule has 0 amide bonds. The molecule has 1 heterocycles. The minimum Gasteiger partial charge on any atom is -0.465 e. The van der Waals surface area contributed by atoms with Gasteiger partial charge in [-0.15, -0.1) is 11.3 Å². The van der Waals surface area contributed by atoms with Crippen LogP contribution < -0.4 is 5.14 Å². The maximum absolute atomic E-state index is 11.0. The fourth-order valence-corrected chi connectivity index (χ4v) is 2.81. The Labute approximate surface area is 85.5 Å². The maximum Gasteiger partial charge on any atom is 0.348 e. The minimum absolute atomic E-state index is 0.255. The normalized spacial score (nSPS) is 11.3. The molecule has 7 heteroatoms. The van der Waals surface area contributed by atoms with E-state index in [0.29, 0.717) is 9.75 Å². The Balaban J connectivity index is 2.84. The van der Waals surface area contributed by atoms with Crippen molar-refractivity contribution >= 4 is 27.3 Å². The van der Waals surface area contributed by atoms with Crippen LogP contribution in [-0.4, -0.2) is 21.5 Å². The fourth-order valence-electron chi connectivity index (χ4n) is 0.864. The van der Waals surface area contributed by atoms with Crippen LogP contribution in [0.1, 0.15) is 14.5 Å². The van der Waals surface area contributed by atoms with Crippen LogP contribution in [0.3, 0.4) is 0 Å². The van der Waals surface area contributed by atoms with Crippen molar-refractivity contribution in [1.29, 1.82) is 0 Å². The van der Waals surface area contributed by atoms with E-state index in [-0.39, 0.29) is 5.75 Å². The van der Waals surface area contributed by atoms with Gasteiger partial charge in [0, 0.05) is 4.88 Å². The summed E-state index contributed by atoms with van der Waals surface area (Å²) >= 11 is 1.06. The number of esters is 1. The molecule has 0 aliphatic carbocycles. The third-order valence-electron chi connectivity index (χ3n) is 1.39. The largest absolute Gasteiger partial charge is 0.465 e. The third kappa shape index (κ3) is 3.09. The van der Waals surface area contributed by atoms with Gasteiger partial charge in [-0.1, -0.05) is 0 Å². The maximum atomic E-state index is 11.0. The molecule has 0 bridgehead atoms. The average molecular weight is 235 g/mol. The number of thiophene rings is 1. The van der Waals surface area contributed by atoms with Gasteiger partial charge < -0.3 is 4.74 Å². The standard InChI is InChI=1S/C7H9NO4S2/c1-12-7(9)6-3-2-5(13-6)4-14(8,10)11/h2-3H,4H2,1H3,(H2,8,10,11). The summed E-state index contributed by atoms with van der Waals surface area (Å²) in [4.78, 5) is 11.9. The quantitative estimate of drug-likeness (QED) is 0.764. The zero-order chi connectivity index (χ0) is 10.8. The molecule has 78 valence electrons. The van der Waals surface area contributed by atoms with Crippen LogP contribution in [0.5, 0.6) is 0 Å². The highest BCUT2D eigenvalue weighted by atomic mass is 32.2. The minimum atomic E-state index is -3.54. The van der Waals surface area contributed by atoms with Crippen molar-refractivity contribution in [1.82, 2.24) is 0 Å². The van der Waals surface area contributed by atoms with Crippen molar-refractivity contribution in [2.24, 2.45) is 5.14 Å². The number of methoxy groups -OCH3 is 1. The number of ether oxygens (including phenoxy) is 1. The van der Waals surface area contributed by atoms with Gasteiger partial charge in [0.2, 0.25) is 10.0 Å². The van der Waals surface area contributed by atoms with Gasteiger partial charge in [-0.3, -0.25) is 0 Å². The second kappa shape index (κ2) is 4.07. The Morgan fingerprint density at radius 1 is 1.57 bits per heavy atom. The third-order valence-corrected chi connectivity index (χ3v) is 3.35. The van der Waals surface area contributed by atoms with E-state index >= 15 is 0 Å². The molecule has 0 saturated carbocycles. The van der Waals surface area contributed by atoms with Gasteiger partial charge >= 0.3 is 5.97 Å². The number of carbonyl (C=O) groups is 1. The van der Waals surface area contributed by atoms with Crippen LogP contribution in [0.25, 0.3) is 0 Å². The summed E-state index contributed by atoms with van der Waals surface area (Å²) in [6.07, 6.45) is 0. The van der Waals surface area contributed by atoms with Crippen molar-refractivity contribution in [3.8, 4) is 0 Å². The number of sulfonamides is 1. The molecule has 1 rings (SSSR count). The van der Waals surface area contributed by atoms with E-state index in [1.807, 2.05) is 0 Å². The van der Waals surface area contributed by atoms with Crippen molar-refractivity contribution in [3.05, 3.63) is 21.9 Å². The average Bonchev–Trinajstić information content (AvgIpc) is 2.48. The summed E-state index contributed by atoms with van der Waals surface area (Å²) in [6, 6.07) is 3.05. The molecule has 0 aliphatic heterocycles. The first-order valence-corrected chi connectivity index (χ1v) is 6.13. The summed E-state index contributed by atoms with van der Waals surface area (Å²) in [5.41, 5.74) is 0. The summed E-state index contributed by atoms with van der Waals surface area (Å²) in [5.74, 6) is -0.732. The Morgan fingerprint density at radius 2 is 2.21 bits per heavy atom. The molecule has 0 unspecified atom stereocenters. The van der Waals surface area contributed by atoms with Gasteiger partial charge in [0.05, 0.1) is 12.9 Å². The van der Waals surface area contributed by atoms with E-state index in [4.69, 9.17) is 5.14 Å². The fraction of sp³-hybridized carbons (Fsp3) is 0.286. The lowest BCUT2D eigenvalue weighted by atomic mass is 10.4. The molecule has 5 nitrogen and oxygen atoms in total. The number of carbonyl (C=O) groups excluding carboxylic acids is 1. The second-order valence-electron chi connectivity index (χ2n) is 2.56. The van der Waals surface area contributed by atoms with Crippen LogP contribution in [0.4, 0.5) is 0 Å². The van der Waals surface area contributed by atoms with E-state index in [0.717, 1.165) is 11.3 Å². The molecule has 0 atom stereocenters. The van der Waals surface area contributed by atoms with E-state index in [1.54, 1.807) is 6.07 Å². The lowest BCUT2D eigenvalue weighted by Gasteiger charge is -1.93. The number of hydrogen-bond acceptors (Lipinski definition) is 5. The first-order chi connectivity index (χ1) is 6.42. The monoisotopic (exact) mass is 235 g/mol. The Bertz CT molecular complexity index is 434. The predicted octanol–water partition coefficient (Wildman–Crippen LogP) is 0.323. The Morgan fingerprint density at radius 3 is 2.71 bits per heavy atom. The highest BCUT2D eigenvalue weighted by Crippen LogP contribution is 2.18.